The number of fused-ring (bicyclic) bond motifs is 3. The molecule has 29 heavy (non-hydrogen) atoms. The predicted octanol–water partition coefficient (Wildman–Crippen LogP) is 3.30. The van der Waals surface area contributed by atoms with Crippen molar-refractivity contribution >= 4 is 16.8 Å². The van der Waals surface area contributed by atoms with E-state index >= 15 is 0 Å². The fraction of sp³-hybridized carbons (Fsp3) is 0.375. The lowest BCUT2D eigenvalue weighted by molar-refractivity contribution is 0.00398. The van der Waals surface area contributed by atoms with Crippen molar-refractivity contribution in [3.8, 4) is 0 Å². The molecule has 5 heteroatoms. The number of aryl methyl sites for hydroxylation is 1. The normalized spacial score (nSPS) is 22.7. The Kier molecular flexibility index (Phi) is 4.45. The van der Waals surface area contributed by atoms with Crippen LogP contribution in [-0.2, 0) is 17.2 Å². The van der Waals surface area contributed by atoms with Gasteiger partial charge >= 0.3 is 0 Å². The molecule has 2 atom stereocenters. The monoisotopic (exact) mass is 389 g/mol. The van der Waals surface area contributed by atoms with Crippen LogP contribution in [0.25, 0.3) is 10.9 Å². The largest absolute Gasteiger partial charge is 0.378 e. The molecular formula is C24H27N3O2. The summed E-state index contributed by atoms with van der Waals surface area (Å²) in [6.07, 6.45) is 3.89. The Bertz CT molecular complexity index is 1060. The zero-order valence-corrected chi connectivity index (χ0v) is 16.9. The highest BCUT2D eigenvalue weighted by atomic mass is 16.5. The highest BCUT2D eigenvalue weighted by Gasteiger charge is 2.53. The van der Waals surface area contributed by atoms with Crippen LogP contribution in [0.1, 0.15) is 40.4 Å². The molecule has 5 nitrogen and oxygen atoms in total. The van der Waals surface area contributed by atoms with E-state index in [-0.39, 0.29) is 23.5 Å². The van der Waals surface area contributed by atoms with Crippen LogP contribution >= 0.6 is 0 Å². The molecule has 2 unspecified atom stereocenters. The van der Waals surface area contributed by atoms with Crippen molar-refractivity contribution in [1.29, 1.82) is 0 Å². The fourth-order valence-electron chi connectivity index (χ4n) is 5.54. The van der Waals surface area contributed by atoms with Gasteiger partial charge in [0.1, 0.15) is 0 Å². The molecule has 2 aromatic carbocycles. The Morgan fingerprint density at radius 2 is 1.86 bits per heavy atom. The lowest BCUT2D eigenvalue weighted by Crippen LogP contribution is -2.49. The average molecular weight is 389 g/mol. The summed E-state index contributed by atoms with van der Waals surface area (Å²) in [6, 6.07) is 16.4. The molecule has 2 N–H and O–H groups in total. The van der Waals surface area contributed by atoms with Crippen LogP contribution in [0.3, 0.4) is 0 Å². The second kappa shape index (κ2) is 7.01. The smallest absolute Gasteiger partial charge is 0.254 e. The molecule has 0 bridgehead atoms. The maximum Gasteiger partial charge on any atom is 0.254 e. The second-order valence-electron chi connectivity index (χ2n) is 8.27. The molecule has 1 aliphatic heterocycles. The lowest BCUT2D eigenvalue weighted by atomic mass is 9.72. The van der Waals surface area contributed by atoms with E-state index < -0.39 is 0 Å². The number of aromatic nitrogens is 1. The van der Waals surface area contributed by atoms with Gasteiger partial charge in [0, 0.05) is 36.7 Å². The van der Waals surface area contributed by atoms with Crippen molar-refractivity contribution in [1.82, 2.24) is 15.2 Å². The summed E-state index contributed by atoms with van der Waals surface area (Å²) in [5.74, 6) is -0.0466. The van der Waals surface area contributed by atoms with Crippen molar-refractivity contribution in [3.05, 3.63) is 71.4 Å². The minimum Gasteiger partial charge on any atom is -0.378 e. The summed E-state index contributed by atoms with van der Waals surface area (Å²) in [5, 5.41) is 7.78. The molecule has 1 aromatic heterocycles. The molecule has 150 valence electrons. The summed E-state index contributed by atoms with van der Waals surface area (Å²) in [6.45, 7) is 1.94. The quantitative estimate of drug-likeness (QED) is 0.723. The number of hydrogen-bond acceptors (Lipinski definition) is 3. The second-order valence-corrected chi connectivity index (χ2v) is 8.27. The Labute approximate surface area is 171 Å². The van der Waals surface area contributed by atoms with Crippen LogP contribution in [0.4, 0.5) is 0 Å². The Hall–Kier alpha value is -2.63. The van der Waals surface area contributed by atoms with Gasteiger partial charge in [-0.25, -0.2) is 0 Å². The lowest BCUT2D eigenvalue weighted by Gasteiger charge is -2.40. The maximum absolute atomic E-state index is 13.4. The number of nitrogens with zero attached hydrogens (tertiary/aromatic N) is 1. The third-order valence-corrected chi connectivity index (χ3v) is 6.86. The molecule has 2 heterocycles. The summed E-state index contributed by atoms with van der Waals surface area (Å²) >= 11 is 0. The molecule has 0 radical (unpaired) electrons. The number of carbonyl (C=O) groups is 1. The van der Waals surface area contributed by atoms with Crippen LogP contribution in [0.15, 0.2) is 54.7 Å². The van der Waals surface area contributed by atoms with E-state index in [0.29, 0.717) is 5.56 Å². The fourth-order valence-corrected chi connectivity index (χ4v) is 5.54. The number of hydrogen-bond donors (Lipinski definition) is 2. The van der Waals surface area contributed by atoms with Crippen molar-refractivity contribution < 1.29 is 9.53 Å². The van der Waals surface area contributed by atoms with Gasteiger partial charge in [-0.3, -0.25) is 4.79 Å². The van der Waals surface area contributed by atoms with Crippen molar-refractivity contribution in [2.45, 2.75) is 30.4 Å². The SMILES string of the molecule is COC1C(NC(=O)c2cn(C)c3ccccc23)c2ccccc2C12CCNCC2. The molecule has 1 spiro atoms. The number of benzene rings is 2. The van der Waals surface area contributed by atoms with E-state index in [9.17, 15) is 4.79 Å². The predicted molar refractivity (Wildman–Crippen MR) is 114 cm³/mol. The van der Waals surface area contributed by atoms with E-state index in [0.717, 1.165) is 36.8 Å². The zero-order chi connectivity index (χ0) is 20.0. The van der Waals surface area contributed by atoms with Crippen LogP contribution in [0, 0.1) is 0 Å². The van der Waals surface area contributed by atoms with Crippen LogP contribution in [0.5, 0.6) is 0 Å². The van der Waals surface area contributed by atoms with E-state index in [1.165, 1.54) is 11.1 Å². The number of ether oxygens (including phenoxy) is 1. The number of piperidine rings is 1. The molecule has 0 saturated carbocycles. The molecule has 1 aliphatic carbocycles. The van der Waals surface area contributed by atoms with Crippen molar-refractivity contribution in [2.24, 2.45) is 7.05 Å². The Morgan fingerprint density at radius 3 is 2.66 bits per heavy atom. The van der Waals surface area contributed by atoms with Crippen LogP contribution in [-0.4, -0.2) is 36.8 Å². The molecular weight excluding hydrogens is 362 g/mol. The minimum atomic E-state index is -0.152. The molecule has 5 rings (SSSR count). The van der Waals surface area contributed by atoms with Gasteiger partial charge < -0.3 is 19.9 Å². The van der Waals surface area contributed by atoms with Gasteiger partial charge in [-0.2, -0.15) is 0 Å². The third-order valence-electron chi connectivity index (χ3n) is 6.86. The van der Waals surface area contributed by atoms with Gasteiger partial charge in [0.25, 0.3) is 5.91 Å². The highest BCUT2D eigenvalue weighted by molar-refractivity contribution is 6.07. The van der Waals surface area contributed by atoms with Gasteiger partial charge in [-0.1, -0.05) is 42.5 Å². The minimum absolute atomic E-state index is 0.0466. The molecule has 1 fully saturated rings. The van der Waals surface area contributed by atoms with Gasteiger partial charge in [0.05, 0.1) is 17.7 Å². The number of methoxy groups -OCH3 is 1. The van der Waals surface area contributed by atoms with Crippen molar-refractivity contribution in [2.75, 3.05) is 20.2 Å². The molecule has 3 aromatic rings. The standard InChI is InChI=1S/C24H27N3O2/c1-27-15-18(16-7-4-6-10-20(16)27)23(28)26-21-17-8-3-5-9-19(17)24(22(21)29-2)11-13-25-14-12-24/h3-10,15,21-22,25H,11-14H2,1-2H3,(H,26,28). The van der Waals surface area contributed by atoms with E-state index in [2.05, 4.69) is 34.9 Å². The van der Waals surface area contributed by atoms with E-state index in [4.69, 9.17) is 4.74 Å². The summed E-state index contributed by atoms with van der Waals surface area (Å²) < 4.78 is 8.09. The molecule has 2 aliphatic rings. The topological polar surface area (TPSA) is 55.3 Å². The van der Waals surface area contributed by atoms with E-state index in [1.54, 1.807) is 7.11 Å². The highest BCUT2D eigenvalue weighted by Crippen LogP contribution is 2.51. The summed E-state index contributed by atoms with van der Waals surface area (Å²) in [7, 11) is 3.75. The zero-order valence-electron chi connectivity index (χ0n) is 16.9. The number of para-hydroxylation sites is 1. The van der Waals surface area contributed by atoms with Gasteiger partial charge in [0.15, 0.2) is 0 Å². The Morgan fingerprint density at radius 1 is 1.14 bits per heavy atom. The van der Waals surface area contributed by atoms with Gasteiger partial charge in [0.2, 0.25) is 0 Å². The average Bonchev–Trinajstić information content (AvgIpc) is 3.22. The first-order chi connectivity index (χ1) is 14.2. The number of rotatable bonds is 3. The summed E-state index contributed by atoms with van der Waals surface area (Å²) in [4.78, 5) is 13.4. The Balaban J connectivity index is 1.54. The maximum atomic E-state index is 13.4. The number of nitrogens with one attached hydrogen (secondary N) is 2. The van der Waals surface area contributed by atoms with E-state index in [1.807, 2.05) is 42.1 Å². The van der Waals surface area contributed by atoms with Crippen molar-refractivity contribution in [3.63, 3.8) is 0 Å². The molecule has 1 amide bonds. The summed E-state index contributed by atoms with van der Waals surface area (Å²) in [5.41, 5.74) is 4.24. The first-order valence-corrected chi connectivity index (χ1v) is 10.3. The van der Waals surface area contributed by atoms with Gasteiger partial charge in [-0.15, -0.1) is 0 Å². The van der Waals surface area contributed by atoms with Crippen LogP contribution < -0.4 is 10.6 Å². The number of amides is 1. The molecule has 1 saturated heterocycles. The van der Waals surface area contributed by atoms with Crippen LogP contribution in [0.2, 0.25) is 0 Å². The third kappa shape index (κ3) is 2.72. The van der Waals surface area contributed by atoms with Gasteiger partial charge in [-0.05, 0) is 43.1 Å². The number of carbonyl (C=O) groups excluding carboxylic acids is 1. The first-order valence-electron chi connectivity index (χ1n) is 10.3. The first kappa shape index (κ1) is 18.4.